The topological polar surface area (TPSA) is 12.0 Å². The Morgan fingerprint density at radius 3 is 2.69 bits per heavy atom. The first-order chi connectivity index (χ1) is 7.74. The molecule has 0 saturated carbocycles. The maximum Gasteiger partial charge on any atom is 0.0381 e. The lowest BCUT2D eigenvalue weighted by Gasteiger charge is -2.33. The van der Waals surface area contributed by atoms with Crippen LogP contribution < -0.4 is 5.32 Å². The van der Waals surface area contributed by atoms with Gasteiger partial charge in [0.05, 0.1) is 0 Å². The number of fused-ring (bicyclic) bond motifs is 1. The predicted octanol–water partition coefficient (Wildman–Crippen LogP) is 4.34. The fourth-order valence-corrected chi connectivity index (χ4v) is 3.16. The first kappa shape index (κ1) is 11.5. The van der Waals surface area contributed by atoms with Gasteiger partial charge in [-0.3, -0.25) is 0 Å². The quantitative estimate of drug-likeness (QED) is 0.791. The summed E-state index contributed by atoms with van der Waals surface area (Å²) in [5.41, 5.74) is 3.26. The van der Waals surface area contributed by atoms with Crippen LogP contribution in [0.25, 0.3) is 0 Å². The minimum atomic E-state index is 0.368. The van der Waals surface area contributed by atoms with E-state index in [1.165, 1.54) is 31.4 Å². The molecular weight excluding hydrogens is 194 g/mol. The average molecular weight is 217 g/mol. The standard InChI is InChI=1S/C15H23N/c1-4-6-11-15(5-2)12(3)16-14-10-8-7-9-13(14)15/h7-10,12,16H,4-6,11H2,1-3H3. The van der Waals surface area contributed by atoms with E-state index in [0.29, 0.717) is 11.5 Å². The molecule has 0 aliphatic carbocycles. The van der Waals surface area contributed by atoms with Crippen LogP contribution in [0.2, 0.25) is 0 Å². The molecule has 0 amide bonds. The van der Waals surface area contributed by atoms with Gasteiger partial charge in [0.15, 0.2) is 0 Å². The maximum atomic E-state index is 3.65. The van der Waals surface area contributed by atoms with Gasteiger partial charge in [-0.1, -0.05) is 44.9 Å². The van der Waals surface area contributed by atoms with Crippen molar-refractivity contribution in [3.05, 3.63) is 29.8 Å². The molecule has 0 radical (unpaired) electrons. The number of hydrogen-bond donors (Lipinski definition) is 1. The molecule has 1 heteroatoms. The number of benzene rings is 1. The fraction of sp³-hybridized carbons (Fsp3) is 0.600. The molecule has 1 aromatic carbocycles. The highest BCUT2D eigenvalue weighted by molar-refractivity contribution is 5.61. The smallest absolute Gasteiger partial charge is 0.0381 e. The molecule has 16 heavy (non-hydrogen) atoms. The largest absolute Gasteiger partial charge is 0.381 e. The van der Waals surface area contributed by atoms with Crippen molar-refractivity contribution in [1.29, 1.82) is 0 Å². The second-order valence-corrected chi connectivity index (χ2v) is 5.02. The van der Waals surface area contributed by atoms with Gasteiger partial charge in [0.1, 0.15) is 0 Å². The molecule has 0 saturated heterocycles. The van der Waals surface area contributed by atoms with Gasteiger partial charge >= 0.3 is 0 Å². The third-order valence-corrected chi connectivity index (χ3v) is 4.27. The molecule has 1 N–H and O–H groups in total. The van der Waals surface area contributed by atoms with Crippen LogP contribution in [0.4, 0.5) is 5.69 Å². The fourth-order valence-electron chi connectivity index (χ4n) is 3.16. The Kier molecular flexibility index (Phi) is 3.22. The van der Waals surface area contributed by atoms with Crippen LogP contribution in [-0.2, 0) is 5.41 Å². The van der Waals surface area contributed by atoms with Crippen molar-refractivity contribution >= 4 is 5.69 Å². The molecule has 1 nitrogen and oxygen atoms in total. The Balaban J connectivity index is 2.37. The Morgan fingerprint density at radius 1 is 1.25 bits per heavy atom. The molecule has 0 spiro atoms. The number of para-hydroxylation sites is 1. The van der Waals surface area contributed by atoms with E-state index in [4.69, 9.17) is 0 Å². The van der Waals surface area contributed by atoms with Crippen molar-refractivity contribution in [3.63, 3.8) is 0 Å². The van der Waals surface area contributed by atoms with E-state index in [1.807, 2.05) is 0 Å². The number of hydrogen-bond acceptors (Lipinski definition) is 1. The number of rotatable bonds is 4. The molecule has 1 aliphatic heterocycles. The minimum absolute atomic E-state index is 0.368. The SMILES string of the molecule is CCCCC1(CC)c2ccccc2NC1C. The summed E-state index contributed by atoms with van der Waals surface area (Å²) in [6.07, 6.45) is 5.16. The van der Waals surface area contributed by atoms with Gasteiger partial charge in [0.2, 0.25) is 0 Å². The normalized spacial score (nSPS) is 27.6. The molecule has 0 bridgehead atoms. The van der Waals surface area contributed by atoms with E-state index in [1.54, 1.807) is 5.56 Å². The lowest BCUT2D eigenvalue weighted by Crippen LogP contribution is -2.36. The lowest BCUT2D eigenvalue weighted by molar-refractivity contribution is 0.344. The number of anilines is 1. The van der Waals surface area contributed by atoms with Crippen LogP contribution in [0.15, 0.2) is 24.3 Å². The van der Waals surface area contributed by atoms with Gasteiger partial charge in [-0.2, -0.15) is 0 Å². The Bertz CT molecular complexity index is 358. The highest BCUT2D eigenvalue weighted by Gasteiger charge is 2.42. The summed E-state index contributed by atoms with van der Waals surface area (Å²) in [5, 5.41) is 3.65. The number of nitrogens with one attached hydrogen (secondary N) is 1. The van der Waals surface area contributed by atoms with Gasteiger partial charge in [-0.05, 0) is 31.4 Å². The molecule has 88 valence electrons. The summed E-state index contributed by atoms with van der Waals surface area (Å²) in [7, 11) is 0. The van der Waals surface area contributed by atoms with Crippen molar-refractivity contribution in [3.8, 4) is 0 Å². The van der Waals surface area contributed by atoms with E-state index >= 15 is 0 Å². The molecule has 2 unspecified atom stereocenters. The second kappa shape index (κ2) is 4.48. The van der Waals surface area contributed by atoms with Crippen molar-refractivity contribution in [2.24, 2.45) is 0 Å². The van der Waals surface area contributed by atoms with E-state index in [9.17, 15) is 0 Å². The van der Waals surface area contributed by atoms with Crippen LogP contribution in [0, 0.1) is 0 Å². The van der Waals surface area contributed by atoms with Crippen molar-refractivity contribution < 1.29 is 0 Å². The molecule has 1 aromatic rings. The third-order valence-electron chi connectivity index (χ3n) is 4.27. The van der Waals surface area contributed by atoms with Gasteiger partial charge < -0.3 is 5.32 Å². The lowest BCUT2D eigenvalue weighted by atomic mass is 9.71. The van der Waals surface area contributed by atoms with Crippen LogP contribution in [0.3, 0.4) is 0 Å². The highest BCUT2D eigenvalue weighted by Crippen LogP contribution is 2.46. The van der Waals surface area contributed by atoms with E-state index in [-0.39, 0.29) is 0 Å². The maximum absolute atomic E-state index is 3.65. The zero-order valence-electron chi connectivity index (χ0n) is 10.7. The molecule has 0 aromatic heterocycles. The Labute approximate surface area is 99.3 Å². The summed E-state index contributed by atoms with van der Waals surface area (Å²) < 4.78 is 0. The first-order valence-corrected chi connectivity index (χ1v) is 6.60. The first-order valence-electron chi connectivity index (χ1n) is 6.60. The predicted molar refractivity (Wildman–Crippen MR) is 71.0 cm³/mol. The zero-order valence-corrected chi connectivity index (χ0v) is 10.7. The second-order valence-electron chi connectivity index (χ2n) is 5.02. The zero-order chi connectivity index (χ0) is 11.6. The Morgan fingerprint density at radius 2 is 2.00 bits per heavy atom. The monoisotopic (exact) mass is 217 g/mol. The van der Waals surface area contributed by atoms with Gasteiger partial charge in [-0.15, -0.1) is 0 Å². The number of unbranched alkanes of at least 4 members (excludes halogenated alkanes) is 1. The average Bonchev–Trinajstić information content (AvgIpc) is 2.59. The van der Waals surface area contributed by atoms with Gasteiger partial charge in [0.25, 0.3) is 0 Å². The highest BCUT2D eigenvalue weighted by atomic mass is 15.0. The van der Waals surface area contributed by atoms with Crippen molar-refractivity contribution in [1.82, 2.24) is 0 Å². The van der Waals surface area contributed by atoms with E-state index in [0.717, 1.165) is 0 Å². The van der Waals surface area contributed by atoms with Crippen molar-refractivity contribution in [2.45, 2.75) is 57.9 Å². The minimum Gasteiger partial charge on any atom is -0.381 e. The van der Waals surface area contributed by atoms with Gasteiger partial charge in [-0.25, -0.2) is 0 Å². The summed E-state index contributed by atoms with van der Waals surface area (Å²) in [4.78, 5) is 0. The molecular formula is C15H23N. The summed E-state index contributed by atoms with van der Waals surface area (Å²) in [5.74, 6) is 0. The van der Waals surface area contributed by atoms with Crippen LogP contribution in [0.1, 0.15) is 52.0 Å². The molecule has 1 heterocycles. The van der Waals surface area contributed by atoms with Gasteiger partial charge in [0, 0.05) is 17.1 Å². The van der Waals surface area contributed by atoms with E-state index in [2.05, 4.69) is 50.4 Å². The molecule has 2 rings (SSSR count). The molecule has 0 fully saturated rings. The summed E-state index contributed by atoms with van der Waals surface area (Å²) in [6, 6.07) is 9.40. The molecule has 2 atom stereocenters. The third kappa shape index (κ3) is 1.63. The molecule has 1 aliphatic rings. The van der Waals surface area contributed by atoms with Crippen LogP contribution in [-0.4, -0.2) is 6.04 Å². The van der Waals surface area contributed by atoms with Crippen LogP contribution >= 0.6 is 0 Å². The Hall–Kier alpha value is -0.980. The van der Waals surface area contributed by atoms with Crippen LogP contribution in [0.5, 0.6) is 0 Å². The van der Waals surface area contributed by atoms with E-state index < -0.39 is 0 Å². The van der Waals surface area contributed by atoms with Crippen molar-refractivity contribution in [2.75, 3.05) is 5.32 Å². The summed E-state index contributed by atoms with van der Waals surface area (Å²) in [6.45, 7) is 6.94. The summed E-state index contributed by atoms with van der Waals surface area (Å²) >= 11 is 0.